The van der Waals surface area contributed by atoms with Crippen molar-refractivity contribution in [2.75, 3.05) is 0 Å². The lowest BCUT2D eigenvalue weighted by Gasteiger charge is -2.35. The van der Waals surface area contributed by atoms with Crippen LogP contribution in [0.25, 0.3) is 0 Å². The number of nitrogens with zero attached hydrogens (tertiary/aromatic N) is 3. The van der Waals surface area contributed by atoms with Gasteiger partial charge in [0.25, 0.3) is 0 Å². The molecule has 2 fully saturated rings. The molecule has 0 saturated heterocycles. The molecule has 2 heterocycles. The lowest BCUT2D eigenvalue weighted by molar-refractivity contribution is -0.0892. The van der Waals surface area contributed by atoms with Crippen LogP contribution in [0.15, 0.2) is 15.9 Å². The molecule has 0 spiro atoms. The summed E-state index contributed by atoms with van der Waals surface area (Å²) in [5.41, 5.74) is -0.281. The molecule has 23 heavy (non-hydrogen) atoms. The number of thiophene rings is 1. The van der Waals surface area contributed by atoms with E-state index in [1.54, 1.807) is 11.3 Å². The molecule has 0 N–H and O–H groups in total. The summed E-state index contributed by atoms with van der Waals surface area (Å²) in [5.74, 6) is -1.02. The third kappa shape index (κ3) is 2.65. The van der Waals surface area contributed by atoms with Crippen LogP contribution < -0.4 is 0 Å². The highest BCUT2D eigenvalue weighted by Crippen LogP contribution is 2.51. The molecule has 2 aromatic rings. The topological polar surface area (TPSA) is 30.7 Å². The predicted molar refractivity (Wildman–Crippen MR) is 89.4 cm³/mol. The zero-order valence-electron chi connectivity index (χ0n) is 13.0. The predicted octanol–water partition coefficient (Wildman–Crippen LogP) is 5.28. The fourth-order valence-corrected chi connectivity index (χ4v) is 4.79. The molecule has 0 aromatic carbocycles. The molecule has 0 bridgehead atoms. The molecule has 2 aliphatic rings. The van der Waals surface area contributed by atoms with Crippen molar-refractivity contribution in [3.63, 3.8) is 0 Å². The quantitative estimate of drug-likeness (QED) is 0.697. The van der Waals surface area contributed by atoms with Gasteiger partial charge in [-0.1, -0.05) is 0 Å². The minimum atomic E-state index is -2.53. The smallest absolute Gasteiger partial charge is 0.249 e. The van der Waals surface area contributed by atoms with Crippen LogP contribution in [0.3, 0.4) is 0 Å². The van der Waals surface area contributed by atoms with Crippen LogP contribution >= 0.6 is 27.3 Å². The van der Waals surface area contributed by atoms with E-state index >= 15 is 0 Å². The number of halogens is 3. The van der Waals surface area contributed by atoms with E-state index < -0.39 is 5.92 Å². The first kappa shape index (κ1) is 15.7. The molecule has 0 atom stereocenters. The summed E-state index contributed by atoms with van der Waals surface area (Å²) in [6.45, 7) is 4.26. The van der Waals surface area contributed by atoms with Gasteiger partial charge in [0.15, 0.2) is 0 Å². The highest BCUT2D eigenvalue weighted by Gasteiger charge is 2.50. The van der Waals surface area contributed by atoms with E-state index in [1.807, 2.05) is 6.07 Å². The Morgan fingerprint density at radius 3 is 2.48 bits per heavy atom. The van der Waals surface area contributed by atoms with Gasteiger partial charge in [-0.25, -0.2) is 8.78 Å². The van der Waals surface area contributed by atoms with Gasteiger partial charge < -0.3 is 4.57 Å². The van der Waals surface area contributed by atoms with Gasteiger partial charge in [0.2, 0.25) is 5.92 Å². The van der Waals surface area contributed by atoms with Gasteiger partial charge >= 0.3 is 0 Å². The summed E-state index contributed by atoms with van der Waals surface area (Å²) in [6.07, 6.45) is 1.99. The van der Waals surface area contributed by atoms with Crippen molar-refractivity contribution in [3.8, 4) is 0 Å². The third-order valence-corrected chi connectivity index (χ3v) is 6.78. The molecule has 124 valence electrons. The summed E-state index contributed by atoms with van der Waals surface area (Å²) in [4.78, 5) is 1.20. The molecule has 2 aromatic heterocycles. The van der Waals surface area contributed by atoms with E-state index in [2.05, 4.69) is 50.6 Å². The van der Waals surface area contributed by atoms with Crippen molar-refractivity contribution in [2.45, 2.75) is 62.8 Å². The van der Waals surface area contributed by atoms with Crippen LogP contribution in [0.4, 0.5) is 8.78 Å². The van der Waals surface area contributed by atoms with Crippen LogP contribution in [0, 0.1) is 0 Å². The lowest BCUT2D eigenvalue weighted by Crippen LogP contribution is -2.35. The molecular formula is C16H18BrF2N3S. The highest BCUT2D eigenvalue weighted by atomic mass is 79.9. The van der Waals surface area contributed by atoms with Crippen molar-refractivity contribution >= 4 is 27.3 Å². The van der Waals surface area contributed by atoms with Crippen molar-refractivity contribution in [1.29, 1.82) is 0 Å². The molecule has 2 aliphatic carbocycles. The van der Waals surface area contributed by atoms with E-state index in [9.17, 15) is 8.78 Å². The summed E-state index contributed by atoms with van der Waals surface area (Å²) in [7, 11) is 0. The van der Waals surface area contributed by atoms with Gasteiger partial charge in [-0.2, -0.15) is 0 Å². The summed E-state index contributed by atoms with van der Waals surface area (Å²) in [6, 6.07) is 4.51. The first-order valence-electron chi connectivity index (χ1n) is 7.87. The second-order valence-corrected chi connectivity index (χ2v) is 9.64. The average Bonchev–Trinajstić information content (AvgIpc) is 3.01. The monoisotopic (exact) mass is 401 g/mol. The van der Waals surface area contributed by atoms with Crippen LogP contribution in [0.5, 0.6) is 0 Å². The Kier molecular flexibility index (Phi) is 3.47. The molecule has 0 aliphatic heterocycles. The van der Waals surface area contributed by atoms with Crippen molar-refractivity contribution in [2.24, 2.45) is 0 Å². The number of alkyl halides is 2. The molecule has 0 radical (unpaired) electrons. The number of hydrogen-bond donors (Lipinski definition) is 0. The van der Waals surface area contributed by atoms with Crippen LogP contribution in [0.2, 0.25) is 0 Å². The fraction of sp³-hybridized carbons (Fsp3) is 0.625. The zero-order valence-corrected chi connectivity index (χ0v) is 15.4. The van der Waals surface area contributed by atoms with E-state index in [0.717, 1.165) is 28.3 Å². The Hall–Kier alpha value is -0.820. The molecule has 3 nitrogen and oxygen atoms in total. The molecule has 2 saturated carbocycles. The van der Waals surface area contributed by atoms with E-state index in [0.29, 0.717) is 6.04 Å². The molecule has 0 unspecified atom stereocenters. The third-order valence-electron chi connectivity index (χ3n) is 4.84. The zero-order chi connectivity index (χ0) is 16.4. The normalized spacial score (nSPS) is 21.4. The van der Waals surface area contributed by atoms with E-state index in [-0.39, 0.29) is 24.2 Å². The molecule has 0 amide bonds. The second-order valence-electron chi connectivity index (χ2n) is 7.17. The molecule has 7 heteroatoms. The first-order valence-corrected chi connectivity index (χ1v) is 9.48. The second kappa shape index (κ2) is 5.09. The van der Waals surface area contributed by atoms with Gasteiger partial charge in [-0.15, -0.1) is 21.5 Å². The van der Waals surface area contributed by atoms with Gasteiger partial charge in [-0.05, 0) is 54.8 Å². The summed E-state index contributed by atoms with van der Waals surface area (Å²) >= 11 is 5.19. The average molecular weight is 402 g/mol. The maximum atomic E-state index is 13.3. The Morgan fingerprint density at radius 2 is 1.96 bits per heavy atom. The SMILES string of the molecule is CC(C)(c1ccc(Br)s1)c1nnc(C2CC(F)(F)C2)n1C1CC1. The fourth-order valence-electron chi connectivity index (χ4n) is 3.30. The standard InChI is InChI=1S/C16H18BrF2N3S/c1-15(2,11-5-6-12(17)23-11)14-21-20-13(22(14)10-3-4-10)9-7-16(18,19)8-9/h5-6,9-10H,3-4,7-8H2,1-2H3. The summed E-state index contributed by atoms with van der Waals surface area (Å²) in [5, 5.41) is 8.78. The number of aromatic nitrogens is 3. The Labute approximate surface area is 146 Å². The van der Waals surface area contributed by atoms with Crippen molar-refractivity contribution in [3.05, 3.63) is 32.4 Å². The van der Waals surface area contributed by atoms with Crippen LogP contribution in [-0.4, -0.2) is 20.7 Å². The van der Waals surface area contributed by atoms with Gasteiger partial charge in [0.05, 0.1) is 9.20 Å². The van der Waals surface area contributed by atoms with E-state index in [4.69, 9.17) is 0 Å². The lowest BCUT2D eigenvalue weighted by atomic mass is 9.80. The molecular weight excluding hydrogens is 384 g/mol. The largest absolute Gasteiger partial charge is 0.311 e. The van der Waals surface area contributed by atoms with Crippen LogP contribution in [0.1, 0.15) is 68.0 Å². The number of rotatable bonds is 4. The van der Waals surface area contributed by atoms with Crippen LogP contribution in [-0.2, 0) is 5.41 Å². The van der Waals surface area contributed by atoms with Gasteiger partial charge in [0.1, 0.15) is 11.6 Å². The molecule has 4 rings (SSSR count). The Balaban J connectivity index is 1.73. The maximum Gasteiger partial charge on any atom is 0.249 e. The van der Waals surface area contributed by atoms with E-state index in [1.165, 1.54) is 4.88 Å². The minimum Gasteiger partial charge on any atom is -0.311 e. The first-order chi connectivity index (χ1) is 10.8. The van der Waals surface area contributed by atoms with Gasteiger partial charge in [-0.3, -0.25) is 0 Å². The minimum absolute atomic E-state index is 0.0944. The van der Waals surface area contributed by atoms with Crippen molar-refractivity contribution in [1.82, 2.24) is 14.8 Å². The van der Waals surface area contributed by atoms with Crippen molar-refractivity contribution < 1.29 is 8.78 Å². The maximum absolute atomic E-state index is 13.3. The Morgan fingerprint density at radius 1 is 1.26 bits per heavy atom. The van der Waals surface area contributed by atoms with Gasteiger partial charge in [0, 0.05) is 29.7 Å². The number of hydrogen-bond acceptors (Lipinski definition) is 3. The highest BCUT2D eigenvalue weighted by molar-refractivity contribution is 9.11. The Bertz CT molecular complexity index is 740. The summed E-state index contributed by atoms with van der Waals surface area (Å²) < 4.78 is 29.8.